The summed E-state index contributed by atoms with van der Waals surface area (Å²) in [6.45, 7) is 1.07. The number of hydrogen-bond acceptors (Lipinski definition) is 1. The Morgan fingerprint density at radius 2 is 1.71 bits per heavy atom. The van der Waals surface area contributed by atoms with Crippen molar-refractivity contribution < 1.29 is 26.7 Å². The van der Waals surface area contributed by atoms with E-state index in [1.165, 1.54) is 0 Å². The van der Waals surface area contributed by atoms with Gasteiger partial charge in [0.1, 0.15) is 17.4 Å². The molecule has 1 nitrogen and oxygen atoms in total. The van der Waals surface area contributed by atoms with Crippen molar-refractivity contribution in [1.29, 1.82) is 0 Å². The van der Waals surface area contributed by atoms with Gasteiger partial charge in [0.15, 0.2) is 0 Å². The molecule has 0 aliphatic carbocycles. The summed E-state index contributed by atoms with van der Waals surface area (Å²) < 4.78 is 63.8. The summed E-state index contributed by atoms with van der Waals surface area (Å²) in [6.07, 6.45) is -4.95. The van der Waals surface area contributed by atoms with Crippen molar-refractivity contribution in [1.82, 2.24) is 0 Å². The van der Waals surface area contributed by atoms with Crippen molar-refractivity contribution in [3.8, 4) is 5.75 Å². The molecule has 0 saturated heterocycles. The summed E-state index contributed by atoms with van der Waals surface area (Å²) in [7, 11) is 0. The van der Waals surface area contributed by atoms with E-state index < -0.39 is 23.7 Å². The molecule has 0 aromatic heterocycles. The summed E-state index contributed by atoms with van der Waals surface area (Å²) in [4.78, 5) is 0. The maximum Gasteiger partial charge on any atom is 0.573 e. The van der Waals surface area contributed by atoms with Crippen LogP contribution in [0.1, 0.15) is 5.56 Å². The van der Waals surface area contributed by atoms with Crippen LogP contribution >= 0.6 is 0 Å². The number of hydrogen-bond donors (Lipinski definition) is 0. The van der Waals surface area contributed by atoms with Crippen molar-refractivity contribution in [2.45, 2.75) is 13.3 Å². The fourth-order valence-electron chi connectivity index (χ4n) is 0.853. The van der Waals surface area contributed by atoms with Gasteiger partial charge in [-0.2, -0.15) is 0 Å². The monoisotopic (exact) mass is 212 g/mol. The maximum atomic E-state index is 12.7. The molecule has 0 atom stereocenters. The molecule has 0 heterocycles. The third kappa shape index (κ3) is 2.58. The van der Waals surface area contributed by atoms with Gasteiger partial charge in [0.05, 0.1) is 0 Å². The molecular weight excluding hydrogens is 207 g/mol. The largest absolute Gasteiger partial charge is 0.573 e. The fraction of sp³-hybridized carbons (Fsp3) is 0.250. The summed E-state index contributed by atoms with van der Waals surface area (Å²) >= 11 is 0. The van der Waals surface area contributed by atoms with Gasteiger partial charge in [0.25, 0.3) is 0 Å². The molecule has 14 heavy (non-hydrogen) atoms. The van der Waals surface area contributed by atoms with Crippen molar-refractivity contribution >= 4 is 0 Å². The quantitative estimate of drug-likeness (QED) is 0.649. The van der Waals surface area contributed by atoms with E-state index in [-0.39, 0.29) is 5.56 Å². The number of benzene rings is 1. The van der Waals surface area contributed by atoms with Gasteiger partial charge in [-0.25, -0.2) is 8.78 Å². The van der Waals surface area contributed by atoms with E-state index in [1.54, 1.807) is 0 Å². The SMILES string of the molecule is Cc1c(F)cc(F)cc1OC(F)(F)F. The lowest BCUT2D eigenvalue weighted by Crippen LogP contribution is -2.18. The predicted octanol–water partition coefficient (Wildman–Crippen LogP) is 3.17. The molecule has 1 aromatic carbocycles. The van der Waals surface area contributed by atoms with Gasteiger partial charge in [0.2, 0.25) is 0 Å². The molecule has 0 amide bonds. The molecule has 0 bridgehead atoms. The van der Waals surface area contributed by atoms with Gasteiger partial charge in [-0.3, -0.25) is 0 Å². The minimum Gasteiger partial charge on any atom is -0.405 e. The molecule has 0 spiro atoms. The molecule has 6 heteroatoms. The smallest absolute Gasteiger partial charge is 0.405 e. The average molecular weight is 212 g/mol. The molecule has 0 N–H and O–H groups in total. The number of ether oxygens (including phenoxy) is 1. The van der Waals surface area contributed by atoms with Crippen LogP contribution in [0.2, 0.25) is 0 Å². The Morgan fingerprint density at radius 3 is 2.21 bits per heavy atom. The summed E-state index contributed by atoms with van der Waals surface area (Å²) in [5.41, 5.74) is -0.385. The summed E-state index contributed by atoms with van der Waals surface area (Å²) in [5, 5.41) is 0. The third-order valence-corrected chi connectivity index (χ3v) is 1.49. The zero-order chi connectivity index (χ0) is 10.9. The van der Waals surface area contributed by atoms with Gasteiger partial charge in [-0.1, -0.05) is 0 Å². The first-order valence-electron chi connectivity index (χ1n) is 3.51. The molecule has 78 valence electrons. The molecule has 1 rings (SSSR count). The van der Waals surface area contributed by atoms with Crippen LogP contribution in [-0.2, 0) is 0 Å². The lowest BCUT2D eigenvalue weighted by Gasteiger charge is -2.11. The Hall–Kier alpha value is -1.33. The van der Waals surface area contributed by atoms with Crippen LogP contribution in [-0.4, -0.2) is 6.36 Å². The number of alkyl halides is 3. The zero-order valence-corrected chi connectivity index (χ0v) is 6.95. The Labute approximate surface area is 76.1 Å². The van der Waals surface area contributed by atoms with Crippen LogP contribution in [0, 0.1) is 18.6 Å². The fourth-order valence-corrected chi connectivity index (χ4v) is 0.853. The molecule has 0 unspecified atom stereocenters. The van der Waals surface area contributed by atoms with E-state index in [1.807, 2.05) is 0 Å². The molecule has 0 radical (unpaired) electrons. The minimum atomic E-state index is -4.95. The lowest BCUT2D eigenvalue weighted by atomic mass is 10.2. The molecule has 0 aliphatic rings. The molecular formula is C8H5F5O. The highest BCUT2D eigenvalue weighted by Crippen LogP contribution is 2.28. The molecule has 1 aromatic rings. The first-order chi connectivity index (χ1) is 6.29. The standard InChI is InChI=1S/C8H5F5O/c1-4-6(10)2-5(9)3-7(4)14-8(11,12)13/h2-3H,1H3. The van der Waals surface area contributed by atoms with E-state index >= 15 is 0 Å². The lowest BCUT2D eigenvalue weighted by molar-refractivity contribution is -0.275. The van der Waals surface area contributed by atoms with Gasteiger partial charge in [0, 0.05) is 17.7 Å². The maximum absolute atomic E-state index is 12.7. The molecule has 0 fully saturated rings. The predicted molar refractivity (Wildman–Crippen MR) is 37.8 cm³/mol. The Balaban J connectivity index is 3.09. The topological polar surface area (TPSA) is 9.23 Å². The second-order valence-corrected chi connectivity index (χ2v) is 2.56. The van der Waals surface area contributed by atoms with Crippen molar-refractivity contribution in [3.63, 3.8) is 0 Å². The second kappa shape index (κ2) is 3.43. The molecule has 0 aliphatic heterocycles. The number of rotatable bonds is 1. The highest BCUT2D eigenvalue weighted by molar-refractivity contribution is 5.34. The molecule has 0 saturated carbocycles. The Morgan fingerprint density at radius 1 is 1.14 bits per heavy atom. The highest BCUT2D eigenvalue weighted by atomic mass is 19.4. The van der Waals surface area contributed by atoms with Crippen molar-refractivity contribution in [2.24, 2.45) is 0 Å². The van der Waals surface area contributed by atoms with E-state index in [4.69, 9.17) is 0 Å². The van der Waals surface area contributed by atoms with Crippen LogP contribution in [0.5, 0.6) is 5.75 Å². The first kappa shape index (κ1) is 10.7. The first-order valence-corrected chi connectivity index (χ1v) is 3.51. The van der Waals surface area contributed by atoms with Gasteiger partial charge in [-0.15, -0.1) is 13.2 Å². The van der Waals surface area contributed by atoms with Crippen LogP contribution in [0.3, 0.4) is 0 Å². The highest BCUT2D eigenvalue weighted by Gasteiger charge is 2.32. The third-order valence-electron chi connectivity index (χ3n) is 1.49. The van der Waals surface area contributed by atoms with Crippen LogP contribution in [0.15, 0.2) is 12.1 Å². The van der Waals surface area contributed by atoms with Crippen molar-refractivity contribution in [2.75, 3.05) is 0 Å². The summed E-state index contributed by atoms with van der Waals surface area (Å²) in [5.74, 6) is -3.06. The van der Waals surface area contributed by atoms with Crippen LogP contribution in [0.4, 0.5) is 22.0 Å². The van der Waals surface area contributed by atoms with Crippen LogP contribution < -0.4 is 4.74 Å². The van der Waals surface area contributed by atoms with Gasteiger partial charge < -0.3 is 4.74 Å². The van der Waals surface area contributed by atoms with Crippen LogP contribution in [0.25, 0.3) is 0 Å². The van der Waals surface area contributed by atoms with Crippen molar-refractivity contribution in [3.05, 3.63) is 29.3 Å². The summed E-state index contributed by atoms with van der Waals surface area (Å²) in [6, 6.07) is 0.963. The van der Waals surface area contributed by atoms with Gasteiger partial charge >= 0.3 is 6.36 Å². The van der Waals surface area contributed by atoms with Gasteiger partial charge in [-0.05, 0) is 6.92 Å². The number of halogens is 5. The normalized spacial score (nSPS) is 11.6. The Bertz CT molecular complexity index is 344. The van der Waals surface area contributed by atoms with E-state index in [2.05, 4.69) is 4.74 Å². The average Bonchev–Trinajstić information content (AvgIpc) is 1.96. The van der Waals surface area contributed by atoms with E-state index in [9.17, 15) is 22.0 Å². The second-order valence-electron chi connectivity index (χ2n) is 2.56. The zero-order valence-electron chi connectivity index (χ0n) is 6.95. The van der Waals surface area contributed by atoms with E-state index in [0.717, 1.165) is 6.92 Å². The van der Waals surface area contributed by atoms with E-state index in [0.29, 0.717) is 12.1 Å². The Kier molecular flexibility index (Phi) is 2.64. The minimum absolute atomic E-state index is 0.385.